The molecule has 0 bridgehead atoms. The summed E-state index contributed by atoms with van der Waals surface area (Å²) in [7, 11) is 0. The van der Waals surface area contributed by atoms with E-state index in [9.17, 15) is 23.5 Å². The van der Waals surface area contributed by atoms with Crippen molar-refractivity contribution in [3.05, 3.63) is 58.5 Å². The number of rotatable bonds is 10. The summed E-state index contributed by atoms with van der Waals surface area (Å²) in [5.74, 6) is -2.79. The van der Waals surface area contributed by atoms with Crippen LogP contribution in [0.3, 0.4) is 0 Å². The smallest absolute Gasteiger partial charge is 0.331 e. The highest BCUT2D eigenvalue weighted by Gasteiger charge is 2.37. The Hall–Kier alpha value is -2.62. The summed E-state index contributed by atoms with van der Waals surface area (Å²) in [4.78, 5) is 24.5. The van der Waals surface area contributed by atoms with Crippen molar-refractivity contribution in [2.75, 3.05) is 0 Å². The number of carbonyl (C=O) groups excluding carboxylic acids is 1. The van der Waals surface area contributed by atoms with Gasteiger partial charge in [-0.25, -0.2) is 13.6 Å². The first-order valence-electron chi connectivity index (χ1n) is 11.3. The number of carboxylic acid groups (broad SMARTS) is 1. The Kier molecular flexibility index (Phi) is 8.93. The van der Waals surface area contributed by atoms with Gasteiger partial charge in [-0.3, -0.25) is 4.79 Å². The summed E-state index contributed by atoms with van der Waals surface area (Å²) in [6, 6.07) is 4.98. The van der Waals surface area contributed by atoms with Gasteiger partial charge in [-0.1, -0.05) is 19.9 Å². The molecule has 184 valence electrons. The van der Waals surface area contributed by atoms with Gasteiger partial charge in [-0.2, -0.15) is 0 Å². The van der Waals surface area contributed by atoms with Crippen molar-refractivity contribution in [1.29, 1.82) is 0 Å². The molecule has 2 aromatic rings. The van der Waals surface area contributed by atoms with E-state index in [1.807, 2.05) is 25.3 Å². The maximum absolute atomic E-state index is 14.8. The van der Waals surface area contributed by atoms with Gasteiger partial charge in [0.15, 0.2) is 0 Å². The number of carboxylic acids is 1. The van der Waals surface area contributed by atoms with Crippen LogP contribution in [-0.4, -0.2) is 41.3 Å². The first kappa shape index (κ1) is 26.0. The predicted octanol–water partition coefficient (Wildman–Crippen LogP) is 4.64. The summed E-state index contributed by atoms with van der Waals surface area (Å²) in [5.41, 5.74) is 0.437. The van der Waals surface area contributed by atoms with E-state index in [1.165, 1.54) is 36.5 Å². The van der Waals surface area contributed by atoms with E-state index < -0.39 is 35.8 Å². The summed E-state index contributed by atoms with van der Waals surface area (Å²) in [5, 5.41) is 17.4. The van der Waals surface area contributed by atoms with Crippen molar-refractivity contribution >= 4 is 23.2 Å². The molecular formula is C25H30F2N2O4S. The average Bonchev–Trinajstić information content (AvgIpc) is 3.32. The van der Waals surface area contributed by atoms with Crippen molar-refractivity contribution < 1.29 is 28.2 Å². The fourth-order valence-electron chi connectivity index (χ4n) is 4.16. The number of benzene rings is 1. The molecule has 3 atom stereocenters. The zero-order valence-electron chi connectivity index (χ0n) is 19.4. The summed E-state index contributed by atoms with van der Waals surface area (Å²) >= 11 is 1.39. The van der Waals surface area contributed by atoms with Gasteiger partial charge in [0.25, 0.3) is 0 Å². The topological polar surface area (TPSA) is 87.7 Å². The van der Waals surface area contributed by atoms with Gasteiger partial charge in [0, 0.05) is 35.5 Å². The molecule has 0 fully saturated rings. The Balaban J connectivity index is 1.85. The molecule has 1 aliphatic carbocycles. The maximum atomic E-state index is 14.8. The molecule has 3 rings (SSSR count). The quantitative estimate of drug-likeness (QED) is 0.450. The highest BCUT2D eigenvalue weighted by molar-refractivity contribution is 7.13. The Bertz CT molecular complexity index is 1010. The minimum Gasteiger partial charge on any atom is -0.478 e. The standard InChI is InChI=1S/C25H30F2N2O4S/c1-4-17(5-2)33-22-12-16(25(31)32)11-21(24(22)29-14(3)30)28-13-18-19(26)9-15(10-20(18)27)23-7-6-8-34-23/h6-10,12,17,21-22,24,28H,4-5,11,13H2,1-3H3,(H,29,30)(H,31,32)/t21-,22+,24+/m0/s1. The number of thiophene rings is 1. The summed E-state index contributed by atoms with van der Waals surface area (Å²) < 4.78 is 35.8. The summed E-state index contributed by atoms with van der Waals surface area (Å²) in [6.45, 7) is 5.12. The Labute approximate surface area is 202 Å². The average molecular weight is 493 g/mol. The fraction of sp³-hybridized carbons (Fsp3) is 0.440. The van der Waals surface area contributed by atoms with Crippen LogP contribution in [0.15, 0.2) is 41.3 Å². The second-order valence-corrected chi connectivity index (χ2v) is 9.30. The Morgan fingerprint density at radius 2 is 1.91 bits per heavy atom. The minimum atomic E-state index is -1.09. The van der Waals surface area contributed by atoms with Crippen molar-refractivity contribution in [2.24, 2.45) is 0 Å². The van der Waals surface area contributed by atoms with Crippen LogP contribution in [0.4, 0.5) is 8.78 Å². The van der Waals surface area contributed by atoms with Gasteiger partial charge in [0.2, 0.25) is 5.91 Å². The molecule has 1 amide bonds. The molecule has 0 spiro atoms. The van der Waals surface area contributed by atoms with Crippen LogP contribution in [0.1, 0.15) is 45.6 Å². The lowest BCUT2D eigenvalue weighted by Crippen LogP contribution is -2.58. The van der Waals surface area contributed by atoms with Crippen LogP contribution in [0.25, 0.3) is 10.4 Å². The lowest BCUT2D eigenvalue weighted by atomic mass is 9.87. The van der Waals surface area contributed by atoms with Crippen LogP contribution in [0.5, 0.6) is 0 Å². The van der Waals surface area contributed by atoms with Crippen LogP contribution in [0, 0.1) is 11.6 Å². The van der Waals surface area contributed by atoms with Crippen molar-refractivity contribution in [2.45, 2.75) is 70.9 Å². The monoisotopic (exact) mass is 492 g/mol. The molecule has 6 nitrogen and oxygen atoms in total. The second-order valence-electron chi connectivity index (χ2n) is 8.35. The molecule has 34 heavy (non-hydrogen) atoms. The van der Waals surface area contributed by atoms with Gasteiger partial charge in [-0.15, -0.1) is 11.3 Å². The van der Waals surface area contributed by atoms with Gasteiger partial charge < -0.3 is 20.5 Å². The third-order valence-corrected chi connectivity index (χ3v) is 6.90. The lowest BCUT2D eigenvalue weighted by molar-refractivity contribution is -0.133. The molecular weight excluding hydrogens is 462 g/mol. The molecule has 3 N–H and O–H groups in total. The molecule has 1 heterocycles. The lowest BCUT2D eigenvalue weighted by Gasteiger charge is -2.38. The molecule has 0 saturated carbocycles. The van der Waals surface area contributed by atoms with E-state index in [0.29, 0.717) is 5.56 Å². The van der Waals surface area contributed by atoms with E-state index in [1.54, 1.807) is 6.07 Å². The predicted molar refractivity (Wildman–Crippen MR) is 127 cm³/mol. The van der Waals surface area contributed by atoms with Gasteiger partial charge in [-0.05, 0) is 54.5 Å². The molecule has 0 radical (unpaired) electrons. The highest BCUT2D eigenvalue weighted by Crippen LogP contribution is 2.29. The number of hydrogen-bond donors (Lipinski definition) is 3. The zero-order valence-corrected chi connectivity index (χ0v) is 20.3. The molecule has 1 aromatic carbocycles. The molecule has 0 aliphatic heterocycles. The highest BCUT2D eigenvalue weighted by atomic mass is 32.1. The zero-order chi connectivity index (χ0) is 24.8. The first-order valence-corrected chi connectivity index (χ1v) is 12.2. The van der Waals surface area contributed by atoms with E-state index in [2.05, 4.69) is 10.6 Å². The molecule has 0 saturated heterocycles. The molecule has 9 heteroatoms. The third-order valence-electron chi connectivity index (χ3n) is 5.99. The van der Waals surface area contributed by atoms with E-state index >= 15 is 0 Å². The first-order chi connectivity index (χ1) is 16.2. The SMILES string of the molecule is CCC(CC)O[C@@H]1C=C(C(=O)O)C[C@H](NCc2c(F)cc(-c3cccs3)cc2F)[C@H]1NC(C)=O. The number of amides is 1. The van der Waals surface area contributed by atoms with Crippen molar-refractivity contribution in [3.63, 3.8) is 0 Å². The van der Waals surface area contributed by atoms with Gasteiger partial charge in [0.05, 0.1) is 18.2 Å². The number of carbonyl (C=O) groups is 2. The largest absolute Gasteiger partial charge is 0.478 e. The third kappa shape index (κ3) is 6.28. The number of halogens is 2. The molecule has 1 aliphatic rings. The number of ether oxygens (including phenoxy) is 1. The number of nitrogens with one attached hydrogen (secondary N) is 2. The summed E-state index contributed by atoms with van der Waals surface area (Å²) in [6.07, 6.45) is 2.23. The van der Waals surface area contributed by atoms with Crippen LogP contribution in [-0.2, 0) is 20.9 Å². The second kappa shape index (κ2) is 11.7. The Morgan fingerprint density at radius 1 is 1.24 bits per heavy atom. The molecule has 1 aromatic heterocycles. The van der Waals surface area contributed by atoms with Gasteiger partial charge >= 0.3 is 5.97 Å². The van der Waals surface area contributed by atoms with E-state index in [-0.39, 0.29) is 36.1 Å². The minimum absolute atomic E-state index is 0.0690. The van der Waals surface area contributed by atoms with Gasteiger partial charge in [0.1, 0.15) is 11.6 Å². The normalized spacial score (nSPS) is 20.3. The van der Waals surface area contributed by atoms with Crippen molar-refractivity contribution in [1.82, 2.24) is 10.6 Å². The van der Waals surface area contributed by atoms with Crippen LogP contribution in [0.2, 0.25) is 0 Å². The fourth-order valence-corrected chi connectivity index (χ4v) is 4.87. The van der Waals surface area contributed by atoms with E-state index in [4.69, 9.17) is 4.74 Å². The number of aliphatic carboxylic acids is 1. The molecule has 0 unspecified atom stereocenters. The van der Waals surface area contributed by atoms with Crippen molar-refractivity contribution in [3.8, 4) is 10.4 Å². The van der Waals surface area contributed by atoms with Crippen LogP contribution >= 0.6 is 11.3 Å². The Morgan fingerprint density at radius 3 is 2.44 bits per heavy atom. The van der Waals surface area contributed by atoms with E-state index in [0.717, 1.165) is 17.7 Å². The number of hydrogen-bond acceptors (Lipinski definition) is 5. The van der Waals surface area contributed by atoms with Crippen LogP contribution < -0.4 is 10.6 Å². The maximum Gasteiger partial charge on any atom is 0.331 e.